The first-order valence-corrected chi connectivity index (χ1v) is 11.6. The predicted octanol–water partition coefficient (Wildman–Crippen LogP) is 0.926. The molecule has 0 spiro atoms. The van der Waals surface area contributed by atoms with Crippen molar-refractivity contribution in [1.82, 2.24) is 26.3 Å². The Morgan fingerprint density at radius 1 is 1.00 bits per heavy atom. The number of nitrogens with zero attached hydrogens (tertiary/aromatic N) is 1. The first-order valence-electron chi connectivity index (χ1n) is 10.8. The second kappa shape index (κ2) is 13.6. The van der Waals surface area contributed by atoms with Crippen molar-refractivity contribution in [3.63, 3.8) is 0 Å². The quantitative estimate of drug-likeness (QED) is 0.249. The van der Waals surface area contributed by atoms with Gasteiger partial charge < -0.3 is 26.4 Å². The number of amides is 5. The molecule has 0 bridgehead atoms. The van der Waals surface area contributed by atoms with E-state index < -0.39 is 48.7 Å². The minimum atomic E-state index is -1.43. The van der Waals surface area contributed by atoms with Crippen LogP contribution in [0.3, 0.4) is 0 Å². The number of carboxylic acid groups (broad SMARTS) is 1. The van der Waals surface area contributed by atoms with Crippen LogP contribution in [0, 0.1) is 5.92 Å². The summed E-state index contributed by atoms with van der Waals surface area (Å²) in [6.07, 6.45) is -0.435. The lowest BCUT2D eigenvalue weighted by Crippen LogP contribution is -2.47. The van der Waals surface area contributed by atoms with Gasteiger partial charge in [-0.3, -0.25) is 19.7 Å². The lowest BCUT2D eigenvalue weighted by atomic mass is 10.1. The summed E-state index contributed by atoms with van der Waals surface area (Å²) >= 11 is 1.02. The van der Waals surface area contributed by atoms with Crippen LogP contribution < -0.4 is 26.6 Å². The number of nitrogens with one attached hydrogen (secondary N) is 5. The molecule has 0 aliphatic rings. The van der Waals surface area contributed by atoms with Crippen molar-refractivity contribution in [2.45, 2.75) is 32.9 Å². The summed E-state index contributed by atoms with van der Waals surface area (Å²) in [6.45, 7) is 3.96. The second-order valence-corrected chi connectivity index (χ2v) is 8.73. The Kier molecular flexibility index (Phi) is 10.6. The minimum absolute atomic E-state index is 0.0241. The zero-order valence-corrected chi connectivity index (χ0v) is 20.1. The molecule has 0 saturated heterocycles. The molecule has 1 atom stereocenters. The number of rotatable bonds is 12. The van der Waals surface area contributed by atoms with Crippen molar-refractivity contribution < 1.29 is 29.1 Å². The van der Waals surface area contributed by atoms with Crippen molar-refractivity contribution in [3.8, 4) is 0 Å². The molecule has 0 saturated carbocycles. The van der Waals surface area contributed by atoms with E-state index in [1.165, 1.54) is 5.38 Å². The summed E-state index contributed by atoms with van der Waals surface area (Å²) in [7, 11) is 0. The van der Waals surface area contributed by atoms with Gasteiger partial charge in [-0.25, -0.2) is 14.6 Å². The van der Waals surface area contributed by atoms with Crippen LogP contribution in [-0.4, -0.2) is 58.9 Å². The Hall–Kier alpha value is -4.00. The van der Waals surface area contributed by atoms with Gasteiger partial charge in [0.25, 0.3) is 5.91 Å². The molecule has 1 aromatic heterocycles. The molecule has 12 nitrogen and oxygen atoms in total. The highest BCUT2D eigenvalue weighted by Crippen LogP contribution is 2.15. The third-order valence-electron chi connectivity index (χ3n) is 4.39. The highest BCUT2D eigenvalue weighted by molar-refractivity contribution is 7.14. The van der Waals surface area contributed by atoms with E-state index in [1.54, 1.807) is 0 Å². The fourth-order valence-electron chi connectivity index (χ4n) is 2.63. The molecule has 2 aromatic rings. The number of hydrogen-bond acceptors (Lipinski definition) is 7. The highest BCUT2D eigenvalue weighted by Gasteiger charge is 2.23. The topological polar surface area (TPSA) is 179 Å². The normalized spacial score (nSPS) is 11.3. The molecule has 1 heterocycles. The van der Waals surface area contributed by atoms with Crippen LogP contribution in [0.15, 0.2) is 35.7 Å². The van der Waals surface area contributed by atoms with Gasteiger partial charge in [0.1, 0.15) is 11.7 Å². The number of thiazole rings is 1. The number of carbonyl (C=O) groups is 5. The zero-order chi connectivity index (χ0) is 25.8. The van der Waals surface area contributed by atoms with Crippen LogP contribution in [-0.2, 0) is 20.9 Å². The Labute approximate surface area is 205 Å². The van der Waals surface area contributed by atoms with Gasteiger partial charge >= 0.3 is 12.0 Å². The van der Waals surface area contributed by atoms with Gasteiger partial charge in [0, 0.05) is 18.5 Å². The lowest BCUT2D eigenvalue weighted by molar-refractivity contribution is -0.143. The van der Waals surface area contributed by atoms with Crippen molar-refractivity contribution in [3.05, 3.63) is 47.0 Å². The van der Waals surface area contributed by atoms with Crippen molar-refractivity contribution in [2.75, 3.05) is 18.4 Å². The van der Waals surface area contributed by atoms with E-state index in [4.69, 9.17) is 0 Å². The number of aromatic nitrogens is 1. The second-order valence-electron chi connectivity index (χ2n) is 7.87. The molecule has 0 aliphatic heterocycles. The summed E-state index contributed by atoms with van der Waals surface area (Å²) in [5, 5.41) is 23.1. The first-order chi connectivity index (χ1) is 16.6. The Bertz CT molecular complexity index is 1040. The molecular formula is C22H28N6O6S. The van der Waals surface area contributed by atoms with Gasteiger partial charge in [-0.2, -0.15) is 0 Å². The maximum absolute atomic E-state index is 12.2. The largest absolute Gasteiger partial charge is 0.480 e. The average Bonchev–Trinajstić information content (AvgIpc) is 3.28. The molecule has 5 amide bonds. The maximum Gasteiger partial charge on any atom is 0.326 e. The molecule has 188 valence electrons. The fraction of sp³-hybridized carbons (Fsp3) is 0.364. The summed E-state index contributed by atoms with van der Waals surface area (Å²) in [6, 6.07) is 7.38. The Morgan fingerprint density at radius 2 is 1.71 bits per heavy atom. The van der Waals surface area contributed by atoms with E-state index in [1.807, 2.05) is 44.2 Å². The number of anilines is 1. The van der Waals surface area contributed by atoms with Crippen LogP contribution in [0.5, 0.6) is 0 Å². The molecule has 0 unspecified atom stereocenters. The highest BCUT2D eigenvalue weighted by atomic mass is 32.1. The Balaban J connectivity index is 1.77. The number of benzene rings is 1. The van der Waals surface area contributed by atoms with Gasteiger partial charge in [0.05, 0.1) is 13.0 Å². The molecule has 0 radical (unpaired) electrons. The molecule has 1 aromatic carbocycles. The van der Waals surface area contributed by atoms with Gasteiger partial charge in [0.2, 0.25) is 11.8 Å². The summed E-state index contributed by atoms with van der Waals surface area (Å²) < 4.78 is 0. The maximum atomic E-state index is 12.2. The van der Waals surface area contributed by atoms with Crippen molar-refractivity contribution in [2.24, 2.45) is 5.92 Å². The SMILES string of the molecule is CC(C)CNC(=O)C[C@H](NC(=O)CNC(=O)c1csc(NC(=O)NCc2ccccc2)n1)C(=O)O. The van der Waals surface area contributed by atoms with Crippen molar-refractivity contribution >= 4 is 46.2 Å². The molecule has 2 rings (SSSR count). The van der Waals surface area contributed by atoms with E-state index in [2.05, 4.69) is 31.6 Å². The number of hydrogen-bond donors (Lipinski definition) is 6. The number of urea groups is 1. The van der Waals surface area contributed by atoms with E-state index in [-0.39, 0.29) is 16.7 Å². The molecule has 0 fully saturated rings. The third kappa shape index (κ3) is 10.2. The summed E-state index contributed by atoms with van der Waals surface area (Å²) in [4.78, 5) is 63.5. The van der Waals surface area contributed by atoms with Gasteiger partial charge in [-0.1, -0.05) is 44.2 Å². The summed E-state index contributed by atoms with van der Waals surface area (Å²) in [5.41, 5.74) is 0.894. The number of carbonyl (C=O) groups excluding carboxylic acids is 4. The predicted molar refractivity (Wildman–Crippen MR) is 129 cm³/mol. The zero-order valence-electron chi connectivity index (χ0n) is 19.3. The summed E-state index contributed by atoms with van der Waals surface area (Å²) in [5.74, 6) is -3.15. The minimum Gasteiger partial charge on any atom is -0.480 e. The molecule has 0 aliphatic carbocycles. The first kappa shape index (κ1) is 27.2. The average molecular weight is 505 g/mol. The third-order valence-corrected chi connectivity index (χ3v) is 5.15. The molecular weight excluding hydrogens is 476 g/mol. The van der Waals surface area contributed by atoms with Crippen molar-refractivity contribution in [1.29, 1.82) is 0 Å². The van der Waals surface area contributed by atoms with Gasteiger partial charge in [0.15, 0.2) is 5.13 Å². The van der Waals surface area contributed by atoms with E-state index in [9.17, 15) is 29.1 Å². The number of aliphatic carboxylic acids is 1. The number of carboxylic acids is 1. The van der Waals surface area contributed by atoms with Crippen LogP contribution in [0.2, 0.25) is 0 Å². The van der Waals surface area contributed by atoms with Crippen LogP contribution >= 0.6 is 11.3 Å². The Morgan fingerprint density at radius 3 is 2.37 bits per heavy atom. The molecule has 35 heavy (non-hydrogen) atoms. The molecule has 6 N–H and O–H groups in total. The van der Waals surface area contributed by atoms with Crippen LogP contribution in [0.25, 0.3) is 0 Å². The standard InChI is InChI=1S/C22H28N6O6S/c1-13(2)9-23-17(29)8-15(20(32)33)26-18(30)11-24-19(31)16-12-35-22(27-16)28-21(34)25-10-14-6-4-3-5-7-14/h3-7,12-13,15H,8-11H2,1-2H3,(H,23,29)(H,24,31)(H,26,30)(H,32,33)(H2,25,27,28,34)/t15-/m0/s1. The lowest BCUT2D eigenvalue weighted by Gasteiger charge is -2.15. The van der Waals surface area contributed by atoms with E-state index in [0.29, 0.717) is 13.1 Å². The monoisotopic (exact) mass is 504 g/mol. The fourth-order valence-corrected chi connectivity index (χ4v) is 3.31. The van der Waals surface area contributed by atoms with E-state index >= 15 is 0 Å². The van der Waals surface area contributed by atoms with Crippen LogP contribution in [0.1, 0.15) is 36.3 Å². The van der Waals surface area contributed by atoms with Gasteiger partial charge in [-0.05, 0) is 11.5 Å². The van der Waals surface area contributed by atoms with Gasteiger partial charge in [-0.15, -0.1) is 11.3 Å². The van der Waals surface area contributed by atoms with Crippen LogP contribution in [0.4, 0.5) is 9.93 Å². The smallest absolute Gasteiger partial charge is 0.326 e. The van der Waals surface area contributed by atoms with E-state index in [0.717, 1.165) is 16.9 Å². The molecule has 13 heteroatoms.